The third kappa shape index (κ3) is 4.87. The standard InChI is InChI=1S/C26H24F2/c1-3-5-6-21-17-25(27)24(26(28)18-21)16-11-20-9-14-23(15-10-20)22-12-7-19(4-2)8-13-22/h7-10,12-15,17-18H,3-6H2,1-2H3. The summed E-state index contributed by atoms with van der Waals surface area (Å²) in [5.74, 6) is 4.34. The van der Waals surface area contributed by atoms with Crippen LogP contribution in [0.1, 0.15) is 48.9 Å². The average Bonchev–Trinajstić information content (AvgIpc) is 2.72. The first-order chi connectivity index (χ1) is 13.6. The summed E-state index contributed by atoms with van der Waals surface area (Å²) >= 11 is 0. The van der Waals surface area contributed by atoms with Crippen molar-refractivity contribution in [1.82, 2.24) is 0 Å². The molecular weight excluding hydrogens is 350 g/mol. The monoisotopic (exact) mass is 374 g/mol. The number of halogens is 2. The molecule has 3 aromatic rings. The van der Waals surface area contributed by atoms with Crippen LogP contribution in [-0.4, -0.2) is 0 Å². The van der Waals surface area contributed by atoms with E-state index in [0.717, 1.165) is 36.0 Å². The molecule has 3 rings (SSSR count). The van der Waals surface area contributed by atoms with Gasteiger partial charge in [0.2, 0.25) is 0 Å². The van der Waals surface area contributed by atoms with Crippen LogP contribution in [0.4, 0.5) is 8.78 Å². The normalized spacial score (nSPS) is 10.4. The van der Waals surface area contributed by atoms with Crippen LogP contribution in [0, 0.1) is 23.5 Å². The molecule has 3 aromatic carbocycles. The molecule has 0 aliphatic carbocycles. The number of aryl methyl sites for hydroxylation is 2. The van der Waals surface area contributed by atoms with E-state index < -0.39 is 11.6 Å². The molecule has 0 fully saturated rings. The Labute approximate surface area is 166 Å². The number of hydrogen-bond acceptors (Lipinski definition) is 0. The van der Waals surface area contributed by atoms with Gasteiger partial charge in [0.1, 0.15) is 11.6 Å². The fourth-order valence-electron chi connectivity index (χ4n) is 3.08. The van der Waals surface area contributed by atoms with E-state index in [4.69, 9.17) is 0 Å². The maximum Gasteiger partial charge on any atom is 0.142 e. The molecule has 0 spiro atoms. The molecule has 0 unspecified atom stereocenters. The second kappa shape index (κ2) is 9.33. The molecule has 0 nitrogen and oxygen atoms in total. The van der Waals surface area contributed by atoms with Crippen molar-refractivity contribution in [1.29, 1.82) is 0 Å². The SMILES string of the molecule is CCCCc1cc(F)c(C#Cc2ccc(-c3ccc(CC)cc3)cc2)c(F)c1. The molecule has 0 aromatic heterocycles. The highest BCUT2D eigenvalue weighted by molar-refractivity contribution is 5.64. The van der Waals surface area contributed by atoms with Crippen molar-refractivity contribution < 1.29 is 8.78 Å². The predicted molar refractivity (Wildman–Crippen MR) is 112 cm³/mol. The van der Waals surface area contributed by atoms with Crippen molar-refractivity contribution >= 4 is 0 Å². The highest BCUT2D eigenvalue weighted by atomic mass is 19.1. The molecule has 0 heterocycles. The molecule has 0 N–H and O–H groups in total. The molecule has 2 heteroatoms. The first-order valence-corrected chi connectivity index (χ1v) is 9.80. The van der Waals surface area contributed by atoms with Gasteiger partial charge in [-0.05, 0) is 65.8 Å². The van der Waals surface area contributed by atoms with Gasteiger partial charge in [0.05, 0.1) is 5.56 Å². The average molecular weight is 374 g/mol. The highest BCUT2D eigenvalue weighted by Gasteiger charge is 2.09. The molecule has 142 valence electrons. The largest absolute Gasteiger partial charge is 0.206 e. The van der Waals surface area contributed by atoms with E-state index in [1.54, 1.807) is 0 Å². The summed E-state index contributed by atoms with van der Waals surface area (Å²) in [6.07, 6.45) is 3.60. The Kier molecular flexibility index (Phi) is 6.61. The van der Waals surface area contributed by atoms with Gasteiger partial charge in [-0.25, -0.2) is 8.78 Å². The zero-order chi connectivity index (χ0) is 19.9. The van der Waals surface area contributed by atoms with E-state index in [-0.39, 0.29) is 5.56 Å². The summed E-state index contributed by atoms with van der Waals surface area (Å²) in [4.78, 5) is 0. The van der Waals surface area contributed by atoms with E-state index in [0.29, 0.717) is 12.0 Å². The summed E-state index contributed by atoms with van der Waals surface area (Å²) in [5.41, 5.74) is 4.77. The van der Waals surface area contributed by atoms with E-state index >= 15 is 0 Å². The Morgan fingerprint density at radius 1 is 0.714 bits per heavy atom. The molecule has 0 saturated heterocycles. The summed E-state index contributed by atoms with van der Waals surface area (Å²) in [5, 5.41) is 0. The summed E-state index contributed by atoms with van der Waals surface area (Å²) in [6, 6.07) is 18.9. The maximum absolute atomic E-state index is 14.2. The number of rotatable bonds is 5. The molecule has 28 heavy (non-hydrogen) atoms. The predicted octanol–water partition coefficient (Wildman–Crippen LogP) is 6.94. The van der Waals surface area contributed by atoms with E-state index in [2.05, 4.69) is 50.0 Å². The van der Waals surface area contributed by atoms with Crippen LogP contribution in [0.3, 0.4) is 0 Å². The fourth-order valence-corrected chi connectivity index (χ4v) is 3.08. The second-order valence-corrected chi connectivity index (χ2v) is 6.92. The van der Waals surface area contributed by atoms with Crippen LogP contribution < -0.4 is 0 Å². The molecule has 0 radical (unpaired) electrons. The van der Waals surface area contributed by atoms with E-state index in [1.807, 2.05) is 24.3 Å². The molecule has 0 saturated carbocycles. The van der Waals surface area contributed by atoms with Crippen LogP contribution in [0.5, 0.6) is 0 Å². The lowest BCUT2D eigenvalue weighted by Gasteiger charge is -2.04. The van der Waals surface area contributed by atoms with Crippen molar-refractivity contribution in [2.24, 2.45) is 0 Å². The van der Waals surface area contributed by atoms with Gasteiger partial charge in [0.15, 0.2) is 0 Å². The Morgan fingerprint density at radius 2 is 1.29 bits per heavy atom. The molecule has 0 amide bonds. The minimum atomic E-state index is -0.591. The van der Waals surface area contributed by atoms with Gasteiger partial charge >= 0.3 is 0 Å². The quantitative estimate of drug-likeness (QED) is 0.425. The van der Waals surface area contributed by atoms with Crippen molar-refractivity contribution in [3.8, 4) is 23.0 Å². The van der Waals surface area contributed by atoms with Gasteiger partial charge in [-0.3, -0.25) is 0 Å². The van der Waals surface area contributed by atoms with Crippen LogP contribution in [0.15, 0.2) is 60.7 Å². The number of benzene rings is 3. The van der Waals surface area contributed by atoms with Crippen molar-refractivity contribution in [2.75, 3.05) is 0 Å². The molecule has 0 atom stereocenters. The Bertz CT molecular complexity index is 964. The minimum Gasteiger partial charge on any atom is -0.206 e. The zero-order valence-electron chi connectivity index (χ0n) is 16.4. The molecule has 0 aliphatic heterocycles. The van der Waals surface area contributed by atoms with Gasteiger partial charge in [-0.15, -0.1) is 0 Å². The van der Waals surface area contributed by atoms with Crippen LogP contribution in [-0.2, 0) is 12.8 Å². The van der Waals surface area contributed by atoms with Crippen molar-refractivity contribution in [2.45, 2.75) is 39.5 Å². The van der Waals surface area contributed by atoms with Crippen LogP contribution in [0.25, 0.3) is 11.1 Å². The topological polar surface area (TPSA) is 0 Å². The van der Waals surface area contributed by atoms with Crippen LogP contribution in [0.2, 0.25) is 0 Å². The highest BCUT2D eigenvalue weighted by Crippen LogP contribution is 2.21. The number of hydrogen-bond donors (Lipinski definition) is 0. The van der Waals surface area contributed by atoms with E-state index in [9.17, 15) is 8.78 Å². The Morgan fingerprint density at radius 3 is 1.82 bits per heavy atom. The Hall–Kier alpha value is -2.92. The fraction of sp³-hybridized carbons (Fsp3) is 0.231. The third-order valence-corrected chi connectivity index (χ3v) is 4.83. The molecular formula is C26H24F2. The molecule has 0 aliphatic rings. The van der Waals surface area contributed by atoms with Gasteiger partial charge in [0, 0.05) is 5.56 Å². The lowest BCUT2D eigenvalue weighted by Crippen LogP contribution is -1.95. The van der Waals surface area contributed by atoms with Gasteiger partial charge < -0.3 is 0 Å². The van der Waals surface area contributed by atoms with E-state index in [1.165, 1.54) is 17.7 Å². The van der Waals surface area contributed by atoms with Gasteiger partial charge in [-0.1, -0.05) is 68.5 Å². The van der Waals surface area contributed by atoms with Gasteiger partial charge in [-0.2, -0.15) is 0 Å². The van der Waals surface area contributed by atoms with Crippen LogP contribution >= 0.6 is 0 Å². The first kappa shape index (κ1) is 19.8. The zero-order valence-corrected chi connectivity index (χ0v) is 16.4. The summed E-state index contributed by atoms with van der Waals surface area (Å²) in [7, 11) is 0. The third-order valence-electron chi connectivity index (χ3n) is 4.83. The van der Waals surface area contributed by atoms with Gasteiger partial charge in [0.25, 0.3) is 0 Å². The Balaban J connectivity index is 1.78. The lowest BCUT2D eigenvalue weighted by molar-refractivity contribution is 0.572. The lowest BCUT2D eigenvalue weighted by atomic mass is 10.0. The van der Waals surface area contributed by atoms with Crippen molar-refractivity contribution in [3.63, 3.8) is 0 Å². The first-order valence-electron chi connectivity index (χ1n) is 9.80. The minimum absolute atomic E-state index is 0.167. The maximum atomic E-state index is 14.2. The summed E-state index contributed by atoms with van der Waals surface area (Å²) < 4.78 is 28.5. The smallest absolute Gasteiger partial charge is 0.142 e. The second-order valence-electron chi connectivity index (χ2n) is 6.92. The number of unbranched alkanes of at least 4 members (excludes halogenated alkanes) is 1. The van der Waals surface area contributed by atoms with Crippen molar-refractivity contribution in [3.05, 3.63) is 94.6 Å². The summed E-state index contributed by atoms with van der Waals surface area (Å²) in [6.45, 7) is 4.19. The molecule has 0 bridgehead atoms.